The highest BCUT2D eigenvalue weighted by Gasteiger charge is 2.21. The molecule has 0 aliphatic rings. The number of carbonyl (C=O) groups is 1. The van der Waals surface area contributed by atoms with E-state index in [1.807, 2.05) is 6.92 Å². The standard InChI is InChI=1S/C11H13Cl2NO2/c1-3-10(11(15)16)14(2)9-5-7(12)4-8(13)6-9/h4-6,10H,3H2,1-2H3,(H,15,16)/t10-/m0/s1. The zero-order valence-corrected chi connectivity index (χ0v) is 10.6. The van der Waals surface area contributed by atoms with E-state index in [0.717, 1.165) is 0 Å². The SMILES string of the molecule is CC[C@@H](C(=O)O)N(C)c1cc(Cl)cc(Cl)c1. The number of anilines is 1. The Bertz CT molecular complexity index is 375. The second-order valence-corrected chi connectivity index (χ2v) is 4.37. The molecule has 0 aromatic heterocycles. The fourth-order valence-electron chi connectivity index (χ4n) is 1.54. The summed E-state index contributed by atoms with van der Waals surface area (Å²) in [6.45, 7) is 1.82. The number of carboxylic acid groups (broad SMARTS) is 1. The van der Waals surface area contributed by atoms with E-state index in [1.165, 1.54) is 0 Å². The van der Waals surface area contributed by atoms with Gasteiger partial charge < -0.3 is 10.0 Å². The Hall–Kier alpha value is -0.930. The van der Waals surface area contributed by atoms with Crippen molar-refractivity contribution in [2.45, 2.75) is 19.4 Å². The molecule has 0 saturated heterocycles. The van der Waals surface area contributed by atoms with Crippen LogP contribution in [0.1, 0.15) is 13.3 Å². The lowest BCUT2D eigenvalue weighted by Crippen LogP contribution is -2.37. The number of hydrogen-bond acceptors (Lipinski definition) is 2. The lowest BCUT2D eigenvalue weighted by Gasteiger charge is -2.26. The Labute approximate surface area is 105 Å². The van der Waals surface area contributed by atoms with Gasteiger partial charge in [-0.2, -0.15) is 0 Å². The molecule has 0 heterocycles. The summed E-state index contributed by atoms with van der Waals surface area (Å²) < 4.78 is 0. The minimum atomic E-state index is -0.860. The van der Waals surface area contributed by atoms with Gasteiger partial charge in [-0.25, -0.2) is 4.79 Å². The van der Waals surface area contributed by atoms with Gasteiger partial charge in [0, 0.05) is 22.8 Å². The molecule has 1 N–H and O–H groups in total. The molecule has 0 bridgehead atoms. The van der Waals surface area contributed by atoms with Crippen LogP contribution in [0.15, 0.2) is 18.2 Å². The lowest BCUT2D eigenvalue weighted by atomic mass is 10.2. The summed E-state index contributed by atoms with van der Waals surface area (Å²) in [5.41, 5.74) is 0.701. The van der Waals surface area contributed by atoms with Gasteiger partial charge in [-0.15, -0.1) is 0 Å². The van der Waals surface area contributed by atoms with E-state index < -0.39 is 12.0 Å². The van der Waals surface area contributed by atoms with Crippen LogP contribution in [0.5, 0.6) is 0 Å². The number of nitrogens with zero attached hydrogens (tertiary/aromatic N) is 1. The van der Waals surface area contributed by atoms with E-state index in [1.54, 1.807) is 30.1 Å². The molecule has 1 aromatic carbocycles. The van der Waals surface area contributed by atoms with Crippen molar-refractivity contribution < 1.29 is 9.90 Å². The summed E-state index contributed by atoms with van der Waals surface area (Å²) in [6, 6.07) is 4.43. The minimum absolute atomic E-state index is 0.495. The molecular formula is C11H13Cl2NO2. The van der Waals surface area contributed by atoms with E-state index in [4.69, 9.17) is 28.3 Å². The van der Waals surface area contributed by atoms with Crippen LogP contribution >= 0.6 is 23.2 Å². The maximum atomic E-state index is 11.0. The fraction of sp³-hybridized carbons (Fsp3) is 0.364. The molecule has 1 aromatic rings. The Morgan fingerprint density at radius 1 is 1.38 bits per heavy atom. The molecule has 0 saturated carbocycles. The van der Waals surface area contributed by atoms with Crippen LogP contribution in [-0.4, -0.2) is 24.2 Å². The monoisotopic (exact) mass is 261 g/mol. The molecule has 1 atom stereocenters. The number of halogens is 2. The van der Waals surface area contributed by atoms with Crippen molar-refractivity contribution in [3.8, 4) is 0 Å². The quantitative estimate of drug-likeness (QED) is 0.905. The Balaban J connectivity index is 3.02. The molecule has 0 fully saturated rings. The summed E-state index contributed by atoms with van der Waals surface area (Å²) >= 11 is 11.7. The summed E-state index contributed by atoms with van der Waals surface area (Å²) in [4.78, 5) is 12.7. The first kappa shape index (κ1) is 13.1. The van der Waals surface area contributed by atoms with Crippen LogP contribution in [0.25, 0.3) is 0 Å². The molecule has 5 heteroatoms. The first-order chi connectivity index (χ1) is 7.45. The van der Waals surface area contributed by atoms with Crippen LogP contribution in [0.3, 0.4) is 0 Å². The molecule has 0 amide bonds. The molecule has 16 heavy (non-hydrogen) atoms. The van der Waals surface area contributed by atoms with Crippen LogP contribution < -0.4 is 4.90 Å². The molecule has 88 valence electrons. The van der Waals surface area contributed by atoms with Gasteiger partial charge in [0.05, 0.1) is 0 Å². The number of benzene rings is 1. The van der Waals surface area contributed by atoms with Crippen molar-refractivity contribution in [3.63, 3.8) is 0 Å². The maximum Gasteiger partial charge on any atom is 0.326 e. The highest BCUT2D eigenvalue weighted by molar-refractivity contribution is 6.35. The summed E-state index contributed by atoms with van der Waals surface area (Å²) in [5.74, 6) is -0.860. The molecule has 0 spiro atoms. The van der Waals surface area contributed by atoms with Gasteiger partial charge >= 0.3 is 5.97 Å². The third-order valence-electron chi connectivity index (χ3n) is 2.39. The van der Waals surface area contributed by atoms with Gasteiger partial charge in [-0.05, 0) is 24.6 Å². The molecule has 1 rings (SSSR count). The van der Waals surface area contributed by atoms with E-state index in [-0.39, 0.29) is 0 Å². The highest BCUT2D eigenvalue weighted by atomic mass is 35.5. The molecule has 0 aliphatic heterocycles. The second kappa shape index (κ2) is 5.41. The smallest absolute Gasteiger partial charge is 0.326 e. The van der Waals surface area contributed by atoms with Crippen molar-refractivity contribution in [3.05, 3.63) is 28.2 Å². The second-order valence-electron chi connectivity index (χ2n) is 3.50. The van der Waals surface area contributed by atoms with E-state index >= 15 is 0 Å². The molecule has 3 nitrogen and oxygen atoms in total. The summed E-state index contributed by atoms with van der Waals surface area (Å²) in [5, 5.41) is 10.0. The van der Waals surface area contributed by atoms with Gasteiger partial charge in [0.1, 0.15) is 6.04 Å². The zero-order chi connectivity index (χ0) is 12.3. The molecule has 0 radical (unpaired) electrons. The van der Waals surface area contributed by atoms with Gasteiger partial charge in [0.15, 0.2) is 0 Å². The Morgan fingerprint density at radius 3 is 2.25 bits per heavy atom. The maximum absolute atomic E-state index is 11.0. The van der Waals surface area contributed by atoms with Crippen LogP contribution in [-0.2, 0) is 4.79 Å². The van der Waals surface area contributed by atoms with Crippen LogP contribution in [0.2, 0.25) is 10.0 Å². The predicted octanol–water partition coefficient (Wildman–Crippen LogP) is 3.29. The lowest BCUT2D eigenvalue weighted by molar-refractivity contribution is -0.138. The van der Waals surface area contributed by atoms with Crippen molar-refractivity contribution in [1.82, 2.24) is 0 Å². The third kappa shape index (κ3) is 3.03. The molecule has 0 aliphatic carbocycles. The first-order valence-corrected chi connectivity index (χ1v) is 5.63. The summed E-state index contributed by atoms with van der Waals surface area (Å²) in [7, 11) is 1.71. The average Bonchev–Trinajstić information content (AvgIpc) is 2.16. The first-order valence-electron chi connectivity index (χ1n) is 4.87. The van der Waals surface area contributed by atoms with Crippen LogP contribution in [0, 0.1) is 0 Å². The normalized spacial score (nSPS) is 12.2. The Morgan fingerprint density at radius 2 is 1.88 bits per heavy atom. The van der Waals surface area contributed by atoms with Gasteiger partial charge in [0.2, 0.25) is 0 Å². The highest BCUT2D eigenvalue weighted by Crippen LogP contribution is 2.26. The number of carboxylic acids is 1. The minimum Gasteiger partial charge on any atom is -0.480 e. The van der Waals surface area contributed by atoms with Gasteiger partial charge in [-0.1, -0.05) is 30.1 Å². The zero-order valence-electron chi connectivity index (χ0n) is 9.08. The number of hydrogen-bond donors (Lipinski definition) is 1. The van der Waals surface area contributed by atoms with Crippen molar-refractivity contribution in [2.75, 3.05) is 11.9 Å². The van der Waals surface area contributed by atoms with Crippen molar-refractivity contribution in [1.29, 1.82) is 0 Å². The number of aliphatic carboxylic acids is 1. The molecular weight excluding hydrogens is 249 g/mol. The van der Waals surface area contributed by atoms with Gasteiger partial charge in [0.25, 0.3) is 0 Å². The Kier molecular flexibility index (Phi) is 4.44. The van der Waals surface area contributed by atoms with Gasteiger partial charge in [-0.3, -0.25) is 0 Å². The fourth-order valence-corrected chi connectivity index (χ4v) is 2.05. The number of likely N-dealkylation sites (N-methyl/N-ethyl adjacent to an activating group) is 1. The topological polar surface area (TPSA) is 40.5 Å². The van der Waals surface area contributed by atoms with Crippen molar-refractivity contribution in [2.24, 2.45) is 0 Å². The van der Waals surface area contributed by atoms with Crippen molar-refractivity contribution >= 4 is 34.9 Å². The summed E-state index contributed by atoms with van der Waals surface area (Å²) in [6.07, 6.45) is 0.510. The predicted molar refractivity (Wildman–Crippen MR) is 66.6 cm³/mol. The van der Waals surface area contributed by atoms with E-state index in [2.05, 4.69) is 0 Å². The average molecular weight is 262 g/mol. The van der Waals surface area contributed by atoms with E-state index in [9.17, 15) is 4.79 Å². The largest absolute Gasteiger partial charge is 0.480 e. The molecule has 0 unspecified atom stereocenters. The van der Waals surface area contributed by atoms with Crippen LogP contribution in [0.4, 0.5) is 5.69 Å². The third-order valence-corrected chi connectivity index (χ3v) is 2.83. The van der Waals surface area contributed by atoms with E-state index in [0.29, 0.717) is 22.2 Å². The number of rotatable bonds is 4.